The van der Waals surface area contributed by atoms with Gasteiger partial charge in [-0.3, -0.25) is 19.4 Å². The molecule has 1 saturated heterocycles. The molecule has 152 valence electrons. The molecule has 1 fully saturated rings. The van der Waals surface area contributed by atoms with Crippen LogP contribution in [0.15, 0.2) is 58.5 Å². The number of pyridine rings is 1. The van der Waals surface area contributed by atoms with Crippen LogP contribution < -0.4 is 11.1 Å². The molecule has 0 unspecified atom stereocenters. The van der Waals surface area contributed by atoms with Crippen molar-refractivity contribution >= 4 is 0 Å². The van der Waals surface area contributed by atoms with E-state index in [9.17, 15) is 9.59 Å². The van der Waals surface area contributed by atoms with Gasteiger partial charge in [-0.2, -0.15) is 5.10 Å². The fourth-order valence-corrected chi connectivity index (χ4v) is 3.54. The van der Waals surface area contributed by atoms with E-state index in [1.54, 1.807) is 40.8 Å². The van der Waals surface area contributed by atoms with Crippen molar-refractivity contribution in [3.8, 4) is 5.82 Å². The molecule has 1 aliphatic heterocycles. The molecule has 0 saturated carbocycles. The van der Waals surface area contributed by atoms with E-state index in [0.29, 0.717) is 12.4 Å². The van der Waals surface area contributed by atoms with Crippen molar-refractivity contribution in [2.45, 2.75) is 13.1 Å². The first-order chi connectivity index (χ1) is 14.1. The summed E-state index contributed by atoms with van der Waals surface area (Å²) in [6, 6.07) is 8.57. The Balaban J connectivity index is 1.30. The zero-order valence-electron chi connectivity index (χ0n) is 16.5. The van der Waals surface area contributed by atoms with E-state index in [4.69, 9.17) is 0 Å². The summed E-state index contributed by atoms with van der Waals surface area (Å²) < 4.78 is 4.77. The van der Waals surface area contributed by atoms with Crippen LogP contribution in [-0.4, -0.2) is 66.7 Å². The van der Waals surface area contributed by atoms with Gasteiger partial charge >= 0.3 is 0 Å². The minimum atomic E-state index is -0.103. The number of aromatic nitrogens is 5. The summed E-state index contributed by atoms with van der Waals surface area (Å²) in [6.07, 6.45) is 5.39. The molecular weight excluding hydrogens is 370 g/mol. The Hall–Kier alpha value is -3.04. The van der Waals surface area contributed by atoms with Gasteiger partial charge in [-0.25, -0.2) is 9.36 Å². The summed E-state index contributed by atoms with van der Waals surface area (Å²) in [4.78, 5) is 28.4. The Morgan fingerprint density at radius 3 is 2.41 bits per heavy atom. The fraction of sp³-hybridized carbons (Fsp3) is 0.400. The van der Waals surface area contributed by atoms with E-state index in [-0.39, 0.29) is 11.1 Å². The first-order valence-corrected chi connectivity index (χ1v) is 9.77. The van der Waals surface area contributed by atoms with Crippen LogP contribution in [0, 0.1) is 0 Å². The van der Waals surface area contributed by atoms with Crippen molar-refractivity contribution in [1.29, 1.82) is 0 Å². The second-order valence-electron chi connectivity index (χ2n) is 7.31. The van der Waals surface area contributed by atoms with Gasteiger partial charge in [0.25, 0.3) is 5.56 Å². The van der Waals surface area contributed by atoms with Crippen molar-refractivity contribution in [1.82, 2.24) is 33.9 Å². The van der Waals surface area contributed by atoms with Crippen molar-refractivity contribution in [2.24, 2.45) is 7.05 Å². The highest BCUT2D eigenvalue weighted by molar-refractivity contribution is 5.17. The third-order valence-electron chi connectivity index (χ3n) is 5.24. The SMILES string of the molecule is Cn1cc(CN2CCN(CCn3nc(-n4cccn4)ccc3=O)CC2)ccc1=O. The first kappa shape index (κ1) is 19.3. The molecule has 4 rings (SSSR count). The Labute approximate surface area is 168 Å². The molecule has 9 nitrogen and oxygen atoms in total. The van der Waals surface area contributed by atoms with E-state index in [0.717, 1.165) is 44.8 Å². The van der Waals surface area contributed by atoms with Gasteiger partial charge in [0.1, 0.15) is 0 Å². The van der Waals surface area contributed by atoms with Crippen molar-refractivity contribution in [3.05, 3.63) is 75.2 Å². The van der Waals surface area contributed by atoms with Crippen LogP contribution in [-0.2, 0) is 20.1 Å². The summed E-state index contributed by atoms with van der Waals surface area (Å²) in [5.41, 5.74) is 1.06. The van der Waals surface area contributed by atoms with E-state index in [2.05, 4.69) is 20.0 Å². The average Bonchev–Trinajstić information content (AvgIpc) is 3.26. The van der Waals surface area contributed by atoms with Crippen molar-refractivity contribution in [3.63, 3.8) is 0 Å². The second kappa shape index (κ2) is 8.54. The highest BCUT2D eigenvalue weighted by atomic mass is 16.1. The van der Waals surface area contributed by atoms with E-state index in [1.165, 1.54) is 10.7 Å². The van der Waals surface area contributed by atoms with Gasteiger partial charge in [0.2, 0.25) is 5.56 Å². The largest absolute Gasteiger partial charge is 0.318 e. The lowest BCUT2D eigenvalue weighted by atomic mass is 10.2. The summed E-state index contributed by atoms with van der Waals surface area (Å²) in [5.74, 6) is 0.636. The predicted octanol–water partition coefficient (Wildman–Crippen LogP) is -0.0545. The minimum Gasteiger partial charge on any atom is -0.318 e. The van der Waals surface area contributed by atoms with Crippen molar-refractivity contribution in [2.75, 3.05) is 32.7 Å². The maximum Gasteiger partial charge on any atom is 0.266 e. The Morgan fingerprint density at radius 1 is 0.931 bits per heavy atom. The van der Waals surface area contributed by atoms with Gasteiger partial charge in [-0.1, -0.05) is 6.07 Å². The van der Waals surface area contributed by atoms with Crippen LogP contribution in [0.3, 0.4) is 0 Å². The van der Waals surface area contributed by atoms with Crippen LogP contribution in [0.1, 0.15) is 5.56 Å². The molecule has 0 aliphatic carbocycles. The molecule has 9 heteroatoms. The molecule has 3 aromatic heterocycles. The van der Waals surface area contributed by atoms with E-state index < -0.39 is 0 Å². The second-order valence-corrected chi connectivity index (χ2v) is 7.31. The monoisotopic (exact) mass is 395 g/mol. The molecule has 29 heavy (non-hydrogen) atoms. The van der Waals surface area contributed by atoms with Crippen LogP contribution in [0.4, 0.5) is 0 Å². The zero-order chi connectivity index (χ0) is 20.2. The topological polar surface area (TPSA) is 81.2 Å². The number of nitrogens with zero attached hydrogens (tertiary/aromatic N) is 7. The zero-order valence-corrected chi connectivity index (χ0v) is 16.5. The number of hydrogen-bond donors (Lipinski definition) is 0. The third-order valence-corrected chi connectivity index (χ3v) is 5.24. The van der Waals surface area contributed by atoms with E-state index >= 15 is 0 Å². The van der Waals surface area contributed by atoms with Gasteiger partial charge in [0, 0.05) is 77.0 Å². The number of hydrogen-bond acceptors (Lipinski definition) is 6. The van der Waals surface area contributed by atoms with Crippen LogP contribution >= 0.6 is 0 Å². The Bertz CT molecular complexity index is 1060. The average molecular weight is 395 g/mol. The number of piperazine rings is 1. The third kappa shape index (κ3) is 4.69. The lowest BCUT2D eigenvalue weighted by Gasteiger charge is -2.34. The lowest BCUT2D eigenvalue weighted by Crippen LogP contribution is -2.47. The molecule has 0 bridgehead atoms. The number of aryl methyl sites for hydroxylation is 1. The molecule has 0 atom stereocenters. The normalized spacial score (nSPS) is 15.6. The molecule has 0 aromatic carbocycles. The molecule has 0 amide bonds. The van der Waals surface area contributed by atoms with Gasteiger partial charge in [0.15, 0.2) is 5.82 Å². The van der Waals surface area contributed by atoms with Crippen LogP contribution in [0.25, 0.3) is 5.82 Å². The molecule has 0 spiro atoms. The lowest BCUT2D eigenvalue weighted by molar-refractivity contribution is 0.122. The summed E-state index contributed by atoms with van der Waals surface area (Å²) in [5, 5.41) is 8.59. The number of rotatable bonds is 6. The Kier molecular flexibility index (Phi) is 5.68. The summed E-state index contributed by atoms with van der Waals surface area (Å²) in [6.45, 7) is 5.97. The molecule has 3 aromatic rings. The minimum absolute atomic E-state index is 0.0130. The molecule has 0 radical (unpaired) electrons. The van der Waals surface area contributed by atoms with Gasteiger partial charge < -0.3 is 4.57 Å². The quantitative estimate of drug-likeness (QED) is 0.582. The summed E-state index contributed by atoms with van der Waals surface area (Å²) >= 11 is 0. The maximum atomic E-state index is 12.1. The molecule has 0 N–H and O–H groups in total. The van der Waals surface area contributed by atoms with Crippen molar-refractivity contribution < 1.29 is 0 Å². The fourth-order valence-electron chi connectivity index (χ4n) is 3.54. The highest BCUT2D eigenvalue weighted by Gasteiger charge is 2.17. The Morgan fingerprint density at radius 2 is 1.69 bits per heavy atom. The van der Waals surface area contributed by atoms with E-state index in [1.807, 2.05) is 18.3 Å². The summed E-state index contributed by atoms with van der Waals surface area (Å²) in [7, 11) is 1.78. The molecule has 4 heterocycles. The molecule has 1 aliphatic rings. The van der Waals surface area contributed by atoms with Crippen LogP contribution in [0.5, 0.6) is 0 Å². The van der Waals surface area contributed by atoms with Gasteiger partial charge in [-0.15, -0.1) is 5.10 Å². The van der Waals surface area contributed by atoms with Gasteiger partial charge in [0.05, 0.1) is 6.54 Å². The smallest absolute Gasteiger partial charge is 0.266 e. The predicted molar refractivity (Wildman–Crippen MR) is 109 cm³/mol. The van der Waals surface area contributed by atoms with Gasteiger partial charge in [-0.05, 0) is 17.7 Å². The first-order valence-electron chi connectivity index (χ1n) is 9.77. The van der Waals surface area contributed by atoms with Crippen LogP contribution in [0.2, 0.25) is 0 Å². The highest BCUT2D eigenvalue weighted by Crippen LogP contribution is 2.07. The molecular formula is C20H25N7O2. The maximum absolute atomic E-state index is 12.1. The standard InChI is InChI=1S/C20H25N7O2/c1-23-15-17(3-5-19(23)28)16-25-11-9-24(10-12-25)13-14-27-20(29)6-4-18(22-27)26-8-2-7-21-26/h2-8,15H,9-14,16H2,1H3.